The predicted octanol–water partition coefficient (Wildman–Crippen LogP) is 15.1. The normalized spacial score (nSPS) is 13.6. The number of allylic oxidation sites excluding steroid dienone is 7. The number of aliphatic hydroxyl groups excluding tert-OH is 2. The number of hydrogen-bond acceptors (Lipinski definition) is 5. The summed E-state index contributed by atoms with van der Waals surface area (Å²) in [5.41, 5.74) is 0. The van der Waals surface area contributed by atoms with E-state index in [2.05, 4.69) is 68.6 Å². The van der Waals surface area contributed by atoms with Crippen molar-refractivity contribution in [1.29, 1.82) is 0 Å². The van der Waals surface area contributed by atoms with Gasteiger partial charge in [-0.05, 0) is 44.9 Å². The van der Waals surface area contributed by atoms with Crippen LogP contribution in [0.4, 0.5) is 0 Å². The highest BCUT2D eigenvalue weighted by molar-refractivity contribution is 5.77. The topological polar surface area (TPSA) is 95.9 Å². The molecule has 0 aromatic heterocycles. The molecule has 0 saturated heterocycles. The number of carbonyl (C=O) groups is 2. The van der Waals surface area contributed by atoms with Crippen LogP contribution in [0, 0.1) is 0 Å². The van der Waals surface area contributed by atoms with E-state index < -0.39 is 18.2 Å². The van der Waals surface area contributed by atoms with Gasteiger partial charge in [0.2, 0.25) is 5.91 Å². The molecule has 0 saturated carbocycles. The summed E-state index contributed by atoms with van der Waals surface area (Å²) in [6.07, 6.45) is 56.1. The number of ether oxygens (including phenoxy) is 1. The van der Waals surface area contributed by atoms with Crippen LogP contribution in [0.1, 0.15) is 252 Å². The predicted molar refractivity (Wildman–Crippen MR) is 255 cm³/mol. The fourth-order valence-electron chi connectivity index (χ4n) is 7.53. The summed E-state index contributed by atoms with van der Waals surface area (Å²) in [5, 5.41) is 23.7. The second-order valence-electron chi connectivity index (χ2n) is 17.2. The molecule has 0 aliphatic heterocycles. The largest absolute Gasteiger partial charge is 0.461 e. The lowest BCUT2D eigenvalue weighted by Crippen LogP contribution is -2.46. The molecule has 3 atom stereocenters. The van der Waals surface area contributed by atoms with Crippen molar-refractivity contribution in [3.63, 3.8) is 0 Å². The van der Waals surface area contributed by atoms with Crippen LogP contribution in [0.2, 0.25) is 0 Å². The molecule has 3 N–H and O–H groups in total. The number of nitrogens with one attached hydrogen (secondary N) is 1. The van der Waals surface area contributed by atoms with Crippen molar-refractivity contribution in [2.45, 2.75) is 270 Å². The Hall–Kier alpha value is -2.18. The number of hydrogen-bond donors (Lipinski definition) is 3. The summed E-state index contributed by atoms with van der Waals surface area (Å²) in [7, 11) is 0. The second kappa shape index (κ2) is 46.9. The Balaban J connectivity index is 4.71. The summed E-state index contributed by atoms with van der Waals surface area (Å²) in [6.45, 7) is 6.42. The van der Waals surface area contributed by atoms with Gasteiger partial charge in [-0.2, -0.15) is 0 Å². The van der Waals surface area contributed by atoms with Crippen LogP contribution in [0.3, 0.4) is 0 Å². The van der Waals surface area contributed by atoms with Crippen LogP contribution in [-0.2, 0) is 14.3 Å². The van der Waals surface area contributed by atoms with Gasteiger partial charge in [0, 0.05) is 12.8 Å². The van der Waals surface area contributed by atoms with E-state index >= 15 is 0 Å². The summed E-state index contributed by atoms with van der Waals surface area (Å²) >= 11 is 0. The van der Waals surface area contributed by atoms with Gasteiger partial charge < -0.3 is 20.3 Å². The van der Waals surface area contributed by atoms with Gasteiger partial charge in [0.25, 0.3) is 0 Å². The van der Waals surface area contributed by atoms with Crippen LogP contribution in [0.15, 0.2) is 48.6 Å². The number of aliphatic hydroxyl groups is 2. The first kappa shape index (κ1) is 56.8. The number of carbonyl (C=O) groups excluding carboxylic acids is 2. The summed E-state index contributed by atoms with van der Waals surface area (Å²) < 4.78 is 5.86. The lowest BCUT2D eigenvalue weighted by molar-refractivity contribution is -0.150. The maximum Gasteiger partial charge on any atom is 0.306 e. The Kier molecular flexibility index (Phi) is 45.1. The summed E-state index contributed by atoms with van der Waals surface area (Å²) in [6, 6.07) is -0.728. The molecular formula is C53H97NO5. The standard InChI is InChI=1S/C53H97NO5/c1-4-7-10-13-16-19-22-24-26-27-30-32-35-38-41-44-49(59-53(58)46-43-40-37-34-31-28-25-23-20-17-14-11-8-5-2)47-52(57)54-50(48-55)51(56)45-42-39-36-33-29-21-18-15-12-9-6-3/h16,19,24,26,30,32,38,41,49-51,55-56H,4-15,17-18,20-23,25,27-29,31,33-37,39-40,42-48H2,1-3H3,(H,54,57)/b19-16-,26-24-,32-30-,41-38-. The zero-order valence-electron chi connectivity index (χ0n) is 39.1. The SMILES string of the molecule is CCCCC/C=C\C/C=C\C/C=C\C/C=C\CC(CC(=O)NC(CO)C(O)CCCCCCCCCCCCC)OC(=O)CCCCCCCCCCCCCCCC. The van der Waals surface area contributed by atoms with Crippen LogP contribution < -0.4 is 5.32 Å². The number of esters is 1. The van der Waals surface area contributed by atoms with Gasteiger partial charge in [-0.3, -0.25) is 9.59 Å². The van der Waals surface area contributed by atoms with Crippen molar-refractivity contribution in [3.8, 4) is 0 Å². The first-order valence-corrected chi connectivity index (χ1v) is 25.4. The molecule has 0 aliphatic carbocycles. The molecule has 0 fully saturated rings. The van der Waals surface area contributed by atoms with Crippen LogP contribution in [0.25, 0.3) is 0 Å². The Morgan fingerprint density at radius 1 is 0.508 bits per heavy atom. The molecule has 0 spiro atoms. The fourth-order valence-corrected chi connectivity index (χ4v) is 7.53. The van der Waals surface area contributed by atoms with Crippen LogP contribution in [0.5, 0.6) is 0 Å². The maximum atomic E-state index is 13.2. The fraction of sp³-hybridized carbons (Fsp3) is 0.811. The minimum Gasteiger partial charge on any atom is -0.461 e. The Morgan fingerprint density at radius 2 is 0.898 bits per heavy atom. The van der Waals surface area contributed by atoms with Crippen molar-refractivity contribution in [3.05, 3.63) is 48.6 Å². The van der Waals surface area contributed by atoms with Crippen LogP contribution in [-0.4, -0.2) is 46.9 Å². The van der Waals surface area contributed by atoms with Gasteiger partial charge in [-0.25, -0.2) is 0 Å². The van der Waals surface area contributed by atoms with Gasteiger partial charge in [0.05, 0.1) is 25.2 Å². The van der Waals surface area contributed by atoms with Crippen molar-refractivity contribution in [2.75, 3.05) is 6.61 Å². The molecule has 0 bridgehead atoms. The van der Waals surface area contributed by atoms with E-state index in [0.29, 0.717) is 19.3 Å². The molecular weight excluding hydrogens is 731 g/mol. The number of amides is 1. The van der Waals surface area contributed by atoms with Crippen molar-refractivity contribution in [2.24, 2.45) is 0 Å². The molecule has 0 aliphatic rings. The molecule has 0 heterocycles. The van der Waals surface area contributed by atoms with E-state index in [0.717, 1.165) is 57.8 Å². The van der Waals surface area contributed by atoms with E-state index in [-0.39, 0.29) is 24.9 Å². The van der Waals surface area contributed by atoms with Crippen molar-refractivity contribution in [1.82, 2.24) is 5.32 Å². The third kappa shape index (κ3) is 42.3. The molecule has 0 aromatic rings. The first-order chi connectivity index (χ1) is 29.0. The summed E-state index contributed by atoms with van der Waals surface area (Å²) in [4.78, 5) is 26.1. The summed E-state index contributed by atoms with van der Waals surface area (Å²) in [5.74, 6) is -0.569. The molecule has 0 rings (SSSR count). The molecule has 3 unspecified atom stereocenters. The Labute approximate surface area is 366 Å². The van der Waals surface area contributed by atoms with Gasteiger partial charge in [0.1, 0.15) is 6.10 Å². The highest BCUT2D eigenvalue weighted by Gasteiger charge is 2.23. The minimum absolute atomic E-state index is 0.00414. The monoisotopic (exact) mass is 828 g/mol. The molecule has 344 valence electrons. The third-order valence-corrected chi connectivity index (χ3v) is 11.4. The van der Waals surface area contributed by atoms with E-state index in [4.69, 9.17) is 4.74 Å². The average molecular weight is 828 g/mol. The third-order valence-electron chi connectivity index (χ3n) is 11.4. The van der Waals surface area contributed by atoms with E-state index in [9.17, 15) is 19.8 Å². The molecule has 0 radical (unpaired) electrons. The Bertz CT molecular complexity index is 1020. The van der Waals surface area contributed by atoms with Gasteiger partial charge >= 0.3 is 5.97 Å². The van der Waals surface area contributed by atoms with E-state index in [1.165, 1.54) is 148 Å². The highest BCUT2D eigenvalue weighted by Crippen LogP contribution is 2.16. The van der Waals surface area contributed by atoms with E-state index in [1.807, 2.05) is 6.08 Å². The highest BCUT2D eigenvalue weighted by atomic mass is 16.5. The second-order valence-corrected chi connectivity index (χ2v) is 17.2. The number of unbranched alkanes of at least 4 members (excludes halogenated alkanes) is 26. The Morgan fingerprint density at radius 3 is 1.36 bits per heavy atom. The van der Waals surface area contributed by atoms with Gasteiger partial charge in [-0.1, -0.05) is 236 Å². The molecule has 6 nitrogen and oxygen atoms in total. The zero-order valence-corrected chi connectivity index (χ0v) is 39.1. The lowest BCUT2D eigenvalue weighted by atomic mass is 10.0. The smallest absolute Gasteiger partial charge is 0.306 e. The molecule has 1 amide bonds. The number of rotatable bonds is 45. The average Bonchev–Trinajstić information content (AvgIpc) is 3.23. The van der Waals surface area contributed by atoms with Gasteiger partial charge in [-0.15, -0.1) is 0 Å². The maximum absolute atomic E-state index is 13.2. The van der Waals surface area contributed by atoms with E-state index in [1.54, 1.807) is 0 Å². The van der Waals surface area contributed by atoms with Crippen molar-refractivity contribution < 1.29 is 24.5 Å². The lowest BCUT2D eigenvalue weighted by Gasteiger charge is -2.24. The molecule has 59 heavy (non-hydrogen) atoms. The molecule has 0 aromatic carbocycles. The van der Waals surface area contributed by atoms with Gasteiger partial charge in [0.15, 0.2) is 0 Å². The van der Waals surface area contributed by atoms with Crippen LogP contribution >= 0.6 is 0 Å². The molecule has 6 heteroatoms. The van der Waals surface area contributed by atoms with Crippen molar-refractivity contribution >= 4 is 11.9 Å². The minimum atomic E-state index is -0.808. The zero-order chi connectivity index (χ0) is 43.1. The first-order valence-electron chi connectivity index (χ1n) is 25.4. The quantitative estimate of drug-likeness (QED) is 0.0323.